The molecule has 5 rings (SSSR count). The van der Waals surface area contributed by atoms with Crippen molar-refractivity contribution in [3.05, 3.63) is 65.4 Å². The summed E-state index contributed by atoms with van der Waals surface area (Å²) in [6.07, 6.45) is 3.83. The third-order valence-corrected chi connectivity index (χ3v) is 5.04. The van der Waals surface area contributed by atoms with Crippen LogP contribution in [0.15, 0.2) is 36.8 Å². The van der Waals surface area contributed by atoms with Crippen LogP contribution in [-0.2, 0) is 13.0 Å². The van der Waals surface area contributed by atoms with E-state index in [-0.39, 0.29) is 12.4 Å². The summed E-state index contributed by atoms with van der Waals surface area (Å²) in [5.74, 6) is 0.361. The maximum absolute atomic E-state index is 14.4. The monoisotopic (exact) mass is 394 g/mol. The SMILES string of the molecule is Cc1nc(F)ccc1-c1cnc(NCc2c(F)ccc3c2CCO3)n2cnnc12. The molecule has 0 fully saturated rings. The van der Waals surface area contributed by atoms with Crippen molar-refractivity contribution in [3.63, 3.8) is 0 Å². The van der Waals surface area contributed by atoms with Gasteiger partial charge in [-0.15, -0.1) is 10.2 Å². The van der Waals surface area contributed by atoms with E-state index in [4.69, 9.17) is 4.74 Å². The molecule has 0 spiro atoms. The van der Waals surface area contributed by atoms with Crippen molar-refractivity contribution >= 4 is 11.6 Å². The number of nitrogens with one attached hydrogen (secondary N) is 1. The van der Waals surface area contributed by atoms with Gasteiger partial charge in [0.1, 0.15) is 17.9 Å². The summed E-state index contributed by atoms with van der Waals surface area (Å²) in [6, 6.07) is 6.00. The van der Waals surface area contributed by atoms with E-state index in [2.05, 4.69) is 25.5 Å². The van der Waals surface area contributed by atoms with Crippen LogP contribution in [-0.4, -0.2) is 31.2 Å². The minimum atomic E-state index is -0.545. The quantitative estimate of drug-likeness (QED) is 0.535. The second-order valence-corrected chi connectivity index (χ2v) is 6.74. The summed E-state index contributed by atoms with van der Waals surface area (Å²) in [7, 11) is 0. The van der Waals surface area contributed by atoms with Gasteiger partial charge in [-0.25, -0.2) is 14.4 Å². The van der Waals surface area contributed by atoms with E-state index in [1.807, 2.05) is 0 Å². The Morgan fingerprint density at radius 2 is 2.07 bits per heavy atom. The van der Waals surface area contributed by atoms with E-state index in [9.17, 15) is 8.78 Å². The van der Waals surface area contributed by atoms with Crippen LogP contribution in [0.4, 0.5) is 14.7 Å². The number of anilines is 1. The molecule has 0 aliphatic carbocycles. The highest BCUT2D eigenvalue weighted by atomic mass is 19.1. The van der Waals surface area contributed by atoms with Gasteiger partial charge in [-0.1, -0.05) is 0 Å². The Balaban J connectivity index is 1.50. The normalized spacial score (nSPS) is 12.8. The fourth-order valence-corrected chi connectivity index (χ4v) is 3.63. The van der Waals surface area contributed by atoms with E-state index in [0.717, 1.165) is 11.3 Å². The standard InChI is InChI=1S/C20H16F2N6O/c1-11-12(2-5-18(22)26-11)15-9-24-20(28-10-25-27-19(15)28)23-8-14-13-6-7-29-17(13)4-3-16(14)21/h2-5,9-10H,6-8H2,1H3,(H,23,24). The lowest BCUT2D eigenvalue weighted by Crippen LogP contribution is -2.10. The van der Waals surface area contributed by atoms with Crippen molar-refractivity contribution in [3.8, 4) is 16.9 Å². The Kier molecular flexibility index (Phi) is 4.08. The summed E-state index contributed by atoms with van der Waals surface area (Å²) in [6.45, 7) is 2.52. The summed E-state index contributed by atoms with van der Waals surface area (Å²) in [5.41, 5.74) is 3.90. The maximum Gasteiger partial charge on any atom is 0.213 e. The van der Waals surface area contributed by atoms with E-state index < -0.39 is 5.95 Å². The van der Waals surface area contributed by atoms with Crippen LogP contribution in [0.5, 0.6) is 5.75 Å². The van der Waals surface area contributed by atoms with E-state index in [0.29, 0.717) is 47.0 Å². The topological polar surface area (TPSA) is 77.2 Å². The van der Waals surface area contributed by atoms with Crippen LogP contribution in [0.2, 0.25) is 0 Å². The molecule has 0 bridgehead atoms. The molecule has 7 nitrogen and oxygen atoms in total. The zero-order valence-corrected chi connectivity index (χ0v) is 15.5. The first-order chi connectivity index (χ1) is 14.1. The van der Waals surface area contributed by atoms with Crippen molar-refractivity contribution in [1.82, 2.24) is 24.6 Å². The molecule has 0 saturated carbocycles. The molecular weight excluding hydrogens is 378 g/mol. The van der Waals surface area contributed by atoms with Crippen molar-refractivity contribution < 1.29 is 13.5 Å². The summed E-state index contributed by atoms with van der Waals surface area (Å²) in [5, 5.41) is 11.3. The van der Waals surface area contributed by atoms with Crippen LogP contribution >= 0.6 is 0 Å². The molecule has 0 unspecified atom stereocenters. The molecule has 1 N–H and O–H groups in total. The van der Waals surface area contributed by atoms with Gasteiger partial charge in [-0.2, -0.15) is 4.39 Å². The molecule has 1 aliphatic rings. The molecule has 3 aromatic heterocycles. The largest absolute Gasteiger partial charge is 0.493 e. The average Bonchev–Trinajstić information content (AvgIpc) is 3.37. The predicted molar refractivity (Wildman–Crippen MR) is 102 cm³/mol. The van der Waals surface area contributed by atoms with Gasteiger partial charge in [0.2, 0.25) is 11.9 Å². The molecule has 29 heavy (non-hydrogen) atoms. The van der Waals surface area contributed by atoms with E-state index >= 15 is 0 Å². The van der Waals surface area contributed by atoms with Gasteiger partial charge in [-0.3, -0.25) is 4.40 Å². The number of nitrogens with zero attached hydrogens (tertiary/aromatic N) is 5. The molecule has 1 aromatic carbocycles. The molecule has 9 heteroatoms. The molecule has 0 amide bonds. The number of fused-ring (bicyclic) bond motifs is 2. The molecule has 4 heterocycles. The lowest BCUT2D eigenvalue weighted by molar-refractivity contribution is 0.356. The summed E-state index contributed by atoms with van der Waals surface area (Å²) in [4.78, 5) is 8.32. The third kappa shape index (κ3) is 2.95. The number of aryl methyl sites for hydroxylation is 1. The Hall–Kier alpha value is -3.62. The van der Waals surface area contributed by atoms with Crippen molar-refractivity contribution in [2.45, 2.75) is 19.9 Å². The van der Waals surface area contributed by atoms with Gasteiger partial charge in [0.25, 0.3) is 0 Å². The number of rotatable bonds is 4. The van der Waals surface area contributed by atoms with E-state index in [1.165, 1.54) is 18.5 Å². The second kappa shape index (κ2) is 6.77. The number of aromatic nitrogens is 5. The Bertz CT molecular complexity index is 1240. The fraction of sp³-hybridized carbons (Fsp3) is 0.200. The minimum Gasteiger partial charge on any atom is -0.493 e. The average molecular weight is 394 g/mol. The van der Waals surface area contributed by atoms with Gasteiger partial charge in [0, 0.05) is 47.1 Å². The fourth-order valence-electron chi connectivity index (χ4n) is 3.63. The van der Waals surface area contributed by atoms with Gasteiger partial charge >= 0.3 is 0 Å². The highest BCUT2D eigenvalue weighted by molar-refractivity contribution is 5.78. The Labute approximate surface area is 164 Å². The third-order valence-electron chi connectivity index (χ3n) is 5.04. The van der Waals surface area contributed by atoms with Crippen molar-refractivity contribution in [2.75, 3.05) is 11.9 Å². The van der Waals surface area contributed by atoms with Gasteiger partial charge in [0.05, 0.1) is 6.61 Å². The van der Waals surface area contributed by atoms with Crippen LogP contribution < -0.4 is 10.1 Å². The number of hydrogen-bond acceptors (Lipinski definition) is 6. The van der Waals surface area contributed by atoms with Crippen LogP contribution in [0, 0.1) is 18.7 Å². The molecule has 0 saturated heterocycles. The molecule has 146 valence electrons. The molecule has 1 aliphatic heterocycles. The summed E-state index contributed by atoms with van der Waals surface area (Å²) < 4.78 is 34.9. The number of hydrogen-bond donors (Lipinski definition) is 1. The molecule has 4 aromatic rings. The highest BCUT2D eigenvalue weighted by Crippen LogP contribution is 2.31. The lowest BCUT2D eigenvalue weighted by Gasteiger charge is -2.13. The molecular formula is C20H16F2N6O. The highest BCUT2D eigenvalue weighted by Gasteiger charge is 2.20. The molecule has 0 atom stereocenters. The zero-order chi connectivity index (χ0) is 20.0. The van der Waals surface area contributed by atoms with Crippen LogP contribution in [0.3, 0.4) is 0 Å². The number of halogens is 2. The smallest absolute Gasteiger partial charge is 0.213 e. The zero-order valence-electron chi connectivity index (χ0n) is 15.5. The first-order valence-electron chi connectivity index (χ1n) is 9.11. The number of ether oxygens (including phenoxy) is 1. The minimum absolute atomic E-state index is 0.245. The van der Waals surface area contributed by atoms with Gasteiger partial charge in [-0.05, 0) is 31.2 Å². The van der Waals surface area contributed by atoms with Crippen molar-refractivity contribution in [1.29, 1.82) is 0 Å². The summed E-state index contributed by atoms with van der Waals surface area (Å²) >= 11 is 0. The Morgan fingerprint density at radius 3 is 2.93 bits per heavy atom. The van der Waals surface area contributed by atoms with Crippen LogP contribution in [0.25, 0.3) is 16.8 Å². The second-order valence-electron chi connectivity index (χ2n) is 6.74. The van der Waals surface area contributed by atoms with Crippen molar-refractivity contribution in [2.24, 2.45) is 0 Å². The first kappa shape index (κ1) is 17.5. The number of pyridine rings is 1. The maximum atomic E-state index is 14.4. The van der Waals surface area contributed by atoms with Crippen LogP contribution in [0.1, 0.15) is 16.8 Å². The lowest BCUT2D eigenvalue weighted by atomic mass is 10.0. The predicted octanol–water partition coefficient (Wildman–Crippen LogP) is 3.32. The number of benzene rings is 1. The van der Waals surface area contributed by atoms with E-state index in [1.54, 1.807) is 29.7 Å². The van der Waals surface area contributed by atoms with Gasteiger partial charge in [0.15, 0.2) is 5.65 Å². The molecule has 0 radical (unpaired) electrons. The van der Waals surface area contributed by atoms with Gasteiger partial charge < -0.3 is 10.1 Å². The first-order valence-corrected chi connectivity index (χ1v) is 9.11. The Morgan fingerprint density at radius 1 is 1.17 bits per heavy atom.